The quantitative estimate of drug-likeness (QED) is 0.315. The van der Waals surface area contributed by atoms with Crippen LogP contribution in [-0.2, 0) is 20.7 Å². The Morgan fingerprint density at radius 1 is 0.889 bits per heavy atom. The number of carbonyl (C=O) groups is 3. The fourth-order valence-corrected chi connectivity index (χ4v) is 5.39. The van der Waals surface area contributed by atoms with Gasteiger partial charge in [-0.2, -0.15) is 0 Å². The van der Waals surface area contributed by atoms with Crippen LogP contribution in [0.4, 0.5) is 9.59 Å². The minimum Gasteiger partial charge on any atom is -0.493 e. The Morgan fingerprint density at radius 3 is 1.98 bits per heavy atom. The van der Waals surface area contributed by atoms with Gasteiger partial charge in [-0.1, -0.05) is 36.4 Å². The number of alkyl carbamates (subject to hydrolysis) is 1. The van der Waals surface area contributed by atoms with E-state index in [-0.39, 0.29) is 18.1 Å². The molecule has 248 valence electrons. The van der Waals surface area contributed by atoms with Crippen molar-refractivity contribution in [3.05, 3.63) is 54.1 Å². The Kier molecular flexibility index (Phi) is 13.5. The van der Waals surface area contributed by atoms with E-state index < -0.39 is 17.7 Å². The van der Waals surface area contributed by atoms with Crippen LogP contribution in [-0.4, -0.2) is 83.6 Å². The van der Waals surface area contributed by atoms with Crippen LogP contribution < -0.4 is 16.0 Å². The molecule has 0 radical (unpaired) electrons. The van der Waals surface area contributed by atoms with Gasteiger partial charge in [-0.25, -0.2) is 15.5 Å². The maximum absolute atomic E-state index is 13.2. The summed E-state index contributed by atoms with van der Waals surface area (Å²) >= 11 is 0. The number of nitrogens with zero attached hydrogens (tertiary/aromatic N) is 2. The van der Waals surface area contributed by atoms with Gasteiger partial charge >= 0.3 is 12.2 Å². The minimum absolute atomic E-state index is 0.0674. The lowest BCUT2D eigenvalue weighted by Crippen LogP contribution is -2.50. The molecule has 4 rings (SSSR count). The first kappa shape index (κ1) is 35.6. The molecule has 11 heteroatoms. The van der Waals surface area contributed by atoms with Gasteiger partial charge in [0.2, 0.25) is 5.91 Å². The number of nitrogens with one attached hydrogen (secondary N) is 1. The van der Waals surface area contributed by atoms with Gasteiger partial charge in [0.15, 0.2) is 0 Å². The topological polar surface area (TPSA) is 144 Å². The molecular formula is C34H50N4O7. The zero-order valence-corrected chi connectivity index (χ0v) is 27.3. The van der Waals surface area contributed by atoms with E-state index in [0.29, 0.717) is 32.0 Å². The first-order chi connectivity index (χ1) is 21.5. The molecule has 2 aromatic rings. The predicted octanol–water partition coefficient (Wildman–Crippen LogP) is 5.38. The molecule has 2 heterocycles. The normalized spacial score (nSPS) is 16.0. The Hall–Kier alpha value is -3.83. The van der Waals surface area contributed by atoms with Crippen LogP contribution >= 0.6 is 0 Å². The highest BCUT2D eigenvalue weighted by Crippen LogP contribution is 2.25. The SMILES string of the molecule is CC(C)OC(=O)N1CCC(COc2ccc(-c3ccc(CC(NC(=O)OC(C)(C)C)C(=O)N4CCCC4)cc3)cc2)CC1.NO. The summed E-state index contributed by atoms with van der Waals surface area (Å²) < 4.78 is 16.8. The molecule has 3 amide bonds. The number of ether oxygens (including phenoxy) is 3. The number of hydrogen-bond donors (Lipinski definition) is 3. The van der Waals surface area contributed by atoms with Crippen molar-refractivity contribution in [2.75, 3.05) is 32.8 Å². The van der Waals surface area contributed by atoms with Crippen molar-refractivity contribution < 1.29 is 33.8 Å². The number of piperidine rings is 1. The third kappa shape index (κ3) is 11.6. The molecule has 0 spiro atoms. The molecule has 11 nitrogen and oxygen atoms in total. The first-order valence-electron chi connectivity index (χ1n) is 15.8. The summed E-state index contributed by atoms with van der Waals surface area (Å²) in [6.45, 7) is 12.6. The van der Waals surface area contributed by atoms with Gasteiger partial charge in [0.05, 0.1) is 12.7 Å². The third-order valence-corrected chi connectivity index (χ3v) is 7.68. The molecule has 0 aromatic heterocycles. The summed E-state index contributed by atoms with van der Waals surface area (Å²) in [5.74, 6) is 4.65. The van der Waals surface area contributed by atoms with E-state index in [1.807, 2.05) is 67.3 Å². The van der Waals surface area contributed by atoms with Gasteiger partial charge in [-0.05, 0) is 95.0 Å². The van der Waals surface area contributed by atoms with Crippen LogP contribution in [0.15, 0.2) is 48.5 Å². The Balaban J connectivity index is 0.00000271. The van der Waals surface area contributed by atoms with Crippen molar-refractivity contribution in [2.45, 2.75) is 84.5 Å². The summed E-state index contributed by atoms with van der Waals surface area (Å²) in [4.78, 5) is 41.4. The molecule has 0 bridgehead atoms. The van der Waals surface area contributed by atoms with Crippen LogP contribution in [0.3, 0.4) is 0 Å². The summed E-state index contributed by atoms with van der Waals surface area (Å²) in [6, 6.07) is 15.4. The number of likely N-dealkylation sites (tertiary alicyclic amines) is 2. The van der Waals surface area contributed by atoms with E-state index in [4.69, 9.17) is 19.4 Å². The number of benzene rings is 2. The molecule has 1 atom stereocenters. The zero-order chi connectivity index (χ0) is 33.0. The average Bonchev–Trinajstić information content (AvgIpc) is 3.55. The monoisotopic (exact) mass is 626 g/mol. The van der Waals surface area contributed by atoms with Crippen molar-refractivity contribution in [1.82, 2.24) is 15.1 Å². The van der Waals surface area contributed by atoms with Crippen LogP contribution in [0, 0.1) is 5.92 Å². The molecule has 2 fully saturated rings. The molecule has 0 aliphatic carbocycles. The van der Waals surface area contributed by atoms with Crippen LogP contribution in [0.25, 0.3) is 11.1 Å². The highest BCUT2D eigenvalue weighted by atomic mass is 16.6. The van der Waals surface area contributed by atoms with Crippen molar-refractivity contribution >= 4 is 18.1 Å². The summed E-state index contributed by atoms with van der Waals surface area (Å²) in [5.41, 5.74) is 2.43. The Bertz CT molecular complexity index is 1210. The van der Waals surface area contributed by atoms with Crippen molar-refractivity contribution in [1.29, 1.82) is 0 Å². The maximum atomic E-state index is 13.2. The molecule has 2 aliphatic rings. The zero-order valence-electron chi connectivity index (χ0n) is 27.3. The van der Waals surface area contributed by atoms with Gasteiger partial charge in [0.1, 0.15) is 17.4 Å². The third-order valence-electron chi connectivity index (χ3n) is 7.68. The molecule has 0 saturated carbocycles. The van der Waals surface area contributed by atoms with Gasteiger partial charge < -0.3 is 34.5 Å². The second kappa shape index (κ2) is 17.0. The summed E-state index contributed by atoms with van der Waals surface area (Å²) in [7, 11) is 0. The maximum Gasteiger partial charge on any atom is 0.410 e. The first-order valence-corrected chi connectivity index (χ1v) is 15.8. The largest absolute Gasteiger partial charge is 0.493 e. The van der Waals surface area contributed by atoms with E-state index in [1.165, 1.54) is 0 Å². The lowest BCUT2D eigenvalue weighted by Gasteiger charge is -2.31. The van der Waals surface area contributed by atoms with Crippen molar-refractivity contribution in [3.8, 4) is 16.9 Å². The van der Waals surface area contributed by atoms with Crippen molar-refractivity contribution in [2.24, 2.45) is 11.8 Å². The number of amides is 3. The molecule has 2 aromatic carbocycles. The molecule has 4 N–H and O–H groups in total. The molecule has 2 saturated heterocycles. The standard InChI is InChI=1S/C34H47N3O6.H3NO/c1-24(2)42-33(40)37-20-16-26(17-21-37)23-41-29-14-12-28(13-15-29)27-10-8-25(9-11-27)22-30(31(38)36-18-6-7-19-36)35-32(39)43-34(3,4)5;1-2/h8-15,24,26,30H,6-7,16-23H2,1-5H3,(H,35,39);2H,1H2. The fraction of sp³-hybridized carbons (Fsp3) is 0.559. The van der Waals surface area contributed by atoms with Crippen LogP contribution in [0.5, 0.6) is 5.75 Å². The van der Waals surface area contributed by atoms with E-state index >= 15 is 0 Å². The van der Waals surface area contributed by atoms with E-state index in [1.54, 1.807) is 25.7 Å². The lowest BCUT2D eigenvalue weighted by molar-refractivity contribution is -0.132. The van der Waals surface area contributed by atoms with Gasteiger partial charge in [0, 0.05) is 32.6 Å². The van der Waals surface area contributed by atoms with Crippen LogP contribution in [0.2, 0.25) is 0 Å². The van der Waals surface area contributed by atoms with E-state index in [2.05, 4.69) is 11.2 Å². The van der Waals surface area contributed by atoms with Crippen molar-refractivity contribution in [3.63, 3.8) is 0 Å². The smallest absolute Gasteiger partial charge is 0.410 e. The minimum atomic E-state index is -0.684. The van der Waals surface area contributed by atoms with E-state index in [9.17, 15) is 14.4 Å². The highest BCUT2D eigenvalue weighted by molar-refractivity contribution is 5.86. The molecule has 45 heavy (non-hydrogen) atoms. The lowest BCUT2D eigenvalue weighted by atomic mass is 9.98. The Labute approximate surface area is 266 Å². The van der Waals surface area contributed by atoms with E-state index in [0.717, 1.165) is 61.2 Å². The second-order valence-electron chi connectivity index (χ2n) is 12.8. The number of rotatable bonds is 9. The van der Waals surface area contributed by atoms with Crippen LogP contribution in [0.1, 0.15) is 65.9 Å². The molecular weight excluding hydrogens is 576 g/mol. The number of hydrogen-bond acceptors (Lipinski definition) is 8. The fourth-order valence-electron chi connectivity index (χ4n) is 5.39. The van der Waals surface area contributed by atoms with Gasteiger partial charge in [-0.15, -0.1) is 0 Å². The highest BCUT2D eigenvalue weighted by Gasteiger charge is 2.30. The predicted molar refractivity (Wildman–Crippen MR) is 172 cm³/mol. The summed E-state index contributed by atoms with van der Waals surface area (Å²) in [6.07, 6.45) is 3.24. The van der Waals surface area contributed by atoms with Gasteiger partial charge in [0.25, 0.3) is 0 Å². The Morgan fingerprint density at radius 2 is 1.44 bits per heavy atom. The molecule has 2 aliphatic heterocycles. The average molecular weight is 627 g/mol. The number of nitrogens with two attached hydrogens (primary N) is 1. The summed E-state index contributed by atoms with van der Waals surface area (Å²) in [5, 5.41) is 9.31. The number of carbonyl (C=O) groups excluding carboxylic acids is 3. The van der Waals surface area contributed by atoms with Gasteiger partial charge in [-0.3, -0.25) is 4.79 Å². The molecule has 1 unspecified atom stereocenters. The second-order valence-corrected chi connectivity index (χ2v) is 12.8.